The number of carboxylic acid groups (broad SMARTS) is 1. The van der Waals surface area contributed by atoms with Crippen LogP contribution in [0.25, 0.3) is 0 Å². The van der Waals surface area contributed by atoms with Crippen LogP contribution in [0.4, 0.5) is 0 Å². The molecule has 4 nitrogen and oxygen atoms in total. The highest BCUT2D eigenvalue weighted by Gasteiger charge is 2.38. The second-order valence-electron chi connectivity index (χ2n) is 5.03. The Morgan fingerprint density at radius 1 is 1.50 bits per heavy atom. The molecule has 1 rings (SSSR count). The van der Waals surface area contributed by atoms with Gasteiger partial charge < -0.3 is 10.8 Å². The van der Waals surface area contributed by atoms with E-state index in [0.29, 0.717) is 24.7 Å². The molecule has 0 aromatic rings. The van der Waals surface area contributed by atoms with Gasteiger partial charge in [-0.2, -0.15) is 0 Å². The van der Waals surface area contributed by atoms with Gasteiger partial charge in [-0.3, -0.25) is 9.59 Å². The summed E-state index contributed by atoms with van der Waals surface area (Å²) in [5.74, 6) is -0.622. The Balaban J connectivity index is 2.85. The molecule has 1 fully saturated rings. The van der Waals surface area contributed by atoms with Gasteiger partial charge >= 0.3 is 5.97 Å². The summed E-state index contributed by atoms with van der Waals surface area (Å²) < 4.78 is 0. The third-order valence-electron chi connectivity index (χ3n) is 3.71. The molecule has 1 saturated carbocycles. The number of hydrogen-bond acceptors (Lipinski definition) is 3. The third kappa shape index (κ3) is 2.82. The molecule has 3 unspecified atom stereocenters. The van der Waals surface area contributed by atoms with Gasteiger partial charge in [0.25, 0.3) is 0 Å². The van der Waals surface area contributed by atoms with Crippen LogP contribution in [-0.2, 0) is 9.59 Å². The lowest BCUT2D eigenvalue weighted by atomic mass is 9.68. The molecule has 0 bridgehead atoms. The van der Waals surface area contributed by atoms with Crippen LogP contribution >= 0.6 is 0 Å². The zero-order chi connectivity index (χ0) is 12.3. The van der Waals surface area contributed by atoms with E-state index in [1.807, 2.05) is 0 Å². The predicted octanol–water partition coefficient (Wildman–Crippen LogP) is 1.29. The second kappa shape index (κ2) is 5.43. The number of Topliss-reactive ketones (excluding diaryl/α,β-unsaturated/α-hetero) is 1. The van der Waals surface area contributed by atoms with Crippen molar-refractivity contribution in [2.75, 3.05) is 6.54 Å². The van der Waals surface area contributed by atoms with Crippen molar-refractivity contribution in [3.63, 3.8) is 0 Å². The Morgan fingerprint density at radius 2 is 2.12 bits per heavy atom. The van der Waals surface area contributed by atoms with Crippen molar-refractivity contribution in [2.45, 2.75) is 33.1 Å². The van der Waals surface area contributed by atoms with Crippen molar-refractivity contribution in [3.8, 4) is 0 Å². The van der Waals surface area contributed by atoms with Crippen molar-refractivity contribution in [1.82, 2.24) is 0 Å². The standard InChI is InChI=1S/C12H21NO3/c1-7(2)9-4-3-8(14)5-10(9)11(6-13)12(15)16/h7,9-11H,3-6,13H2,1-2H3,(H,15,16). The maximum atomic E-state index is 11.5. The van der Waals surface area contributed by atoms with Crippen LogP contribution in [0.1, 0.15) is 33.1 Å². The summed E-state index contributed by atoms with van der Waals surface area (Å²) in [5.41, 5.74) is 5.52. The van der Waals surface area contributed by atoms with Gasteiger partial charge in [0.2, 0.25) is 0 Å². The molecule has 0 aromatic carbocycles. The zero-order valence-corrected chi connectivity index (χ0v) is 9.98. The first-order valence-electron chi connectivity index (χ1n) is 5.92. The second-order valence-corrected chi connectivity index (χ2v) is 5.03. The number of rotatable bonds is 4. The Morgan fingerprint density at radius 3 is 2.56 bits per heavy atom. The molecule has 0 heterocycles. The molecule has 3 atom stereocenters. The van der Waals surface area contributed by atoms with Crippen molar-refractivity contribution < 1.29 is 14.7 Å². The van der Waals surface area contributed by atoms with Crippen molar-refractivity contribution in [2.24, 2.45) is 29.4 Å². The molecule has 92 valence electrons. The number of carbonyl (C=O) groups is 2. The number of carbonyl (C=O) groups excluding carboxylic acids is 1. The number of ketones is 1. The van der Waals surface area contributed by atoms with Crippen molar-refractivity contribution in [1.29, 1.82) is 0 Å². The van der Waals surface area contributed by atoms with Gasteiger partial charge in [0.15, 0.2) is 0 Å². The van der Waals surface area contributed by atoms with Gasteiger partial charge in [0, 0.05) is 19.4 Å². The summed E-state index contributed by atoms with van der Waals surface area (Å²) in [6.45, 7) is 4.29. The molecule has 4 heteroatoms. The molecule has 1 aliphatic rings. The van der Waals surface area contributed by atoms with Crippen LogP contribution < -0.4 is 5.73 Å². The molecule has 0 spiro atoms. The van der Waals surface area contributed by atoms with Gasteiger partial charge in [-0.05, 0) is 24.2 Å². The average molecular weight is 227 g/mol. The zero-order valence-electron chi connectivity index (χ0n) is 9.98. The minimum atomic E-state index is -0.868. The molecule has 0 aromatic heterocycles. The van der Waals surface area contributed by atoms with Crippen LogP contribution in [0.5, 0.6) is 0 Å². The number of carboxylic acids is 1. The van der Waals surface area contributed by atoms with E-state index in [4.69, 9.17) is 10.8 Å². The largest absolute Gasteiger partial charge is 0.481 e. The van der Waals surface area contributed by atoms with E-state index >= 15 is 0 Å². The Kier molecular flexibility index (Phi) is 4.47. The van der Waals surface area contributed by atoms with Gasteiger partial charge in [-0.1, -0.05) is 13.8 Å². The monoisotopic (exact) mass is 227 g/mol. The van der Waals surface area contributed by atoms with E-state index in [2.05, 4.69) is 13.8 Å². The van der Waals surface area contributed by atoms with Crippen LogP contribution in [0.3, 0.4) is 0 Å². The minimum absolute atomic E-state index is 0.0799. The Hall–Kier alpha value is -0.900. The summed E-state index contributed by atoms with van der Waals surface area (Å²) in [6, 6.07) is 0. The van der Waals surface area contributed by atoms with E-state index in [9.17, 15) is 9.59 Å². The first-order chi connectivity index (χ1) is 7.47. The Bertz CT molecular complexity index is 275. The fourth-order valence-electron chi connectivity index (χ4n) is 2.79. The van der Waals surface area contributed by atoms with Gasteiger partial charge in [-0.25, -0.2) is 0 Å². The topological polar surface area (TPSA) is 80.4 Å². The first kappa shape index (κ1) is 13.2. The molecular weight excluding hydrogens is 206 g/mol. The van der Waals surface area contributed by atoms with Crippen molar-refractivity contribution in [3.05, 3.63) is 0 Å². The normalized spacial score (nSPS) is 28.1. The van der Waals surface area contributed by atoms with Gasteiger partial charge in [-0.15, -0.1) is 0 Å². The highest BCUT2D eigenvalue weighted by Crippen LogP contribution is 2.37. The van der Waals surface area contributed by atoms with Gasteiger partial charge in [0.05, 0.1) is 5.92 Å². The van der Waals surface area contributed by atoms with E-state index < -0.39 is 11.9 Å². The van der Waals surface area contributed by atoms with E-state index in [1.54, 1.807) is 0 Å². The van der Waals surface area contributed by atoms with Crippen LogP contribution in [-0.4, -0.2) is 23.4 Å². The van der Waals surface area contributed by atoms with Crippen molar-refractivity contribution >= 4 is 11.8 Å². The number of hydrogen-bond donors (Lipinski definition) is 2. The summed E-state index contributed by atoms with van der Waals surface area (Å²) in [7, 11) is 0. The number of aliphatic carboxylic acids is 1. The molecule has 3 N–H and O–H groups in total. The maximum absolute atomic E-state index is 11.5. The molecule has 16 heavy (non-hydrogen) atoms. The van der Waals surface area contributed by atoms with Crippen LogP contribution in [0.2, 0.25) is 0 Å². The lowest BCUT2D eigenvalue weighted by Crippen LogP contribution is -2.40. The Labute approximate surface area is 96.2 Å². The molecule has 0 radical (unpaired) electrons. The number of nitrogens with two attached hydrogens (primary N) is 1. The fraction of sp³-hybridized carbons (Fsp3) is 0.833. The average Bonchev–Trinajstić information content (AvgIpc) is 2.17. The summed E-state index contributed by atoms with van der Waals surface area (Å²) >= 11 is 0. The van der Waals surface area contributed by atoms with Gasteiger partial charge in [0.1, 0.15) is 5.78 Å². The summed E-state index contributed by atoms with van der Waals surface area (Å²) in [6.07, 6.45) is 1.79. The highest BCUT2D eigenvalue weighted by molar-refractivity contribution is 5.81. The SMILES string of the molecule is CC(C)C1CCC(=O)CC1C(CN)C(=O)O. The van der Waals surface area contributed by atoms with E-state index in [-0.39, 0.29) is 18.2 Å². The minimum Gasteiger partial charge on any atom is -0.481 e. The maximum Gasteiger partial charge on any atom is 0.308 e. The predicted molar refractivity (Wildman–Crippen MR) is 60.9 cm³/mol. The smallest absolute Gasteiger partial charge is 0.308 e. The molecular formula is C12H21NO3. The third-order valence-corrected chi connectivity index (χ3v) is 3.71. The molecule has 0 saturated heterocycles. The summed E-state index contributed by atoms with van der Waals surface area (Å²) in [4.78, 5) is 22.6. The summed E-state index contributed by atoms with van der Waals surface area (Å²) in [5, 5.41) is 9.12. The van der Waals surface area contributed by atoms with Crippen LogP contribution in [0, 0.1) is 23.7 Å². The van der Waals surface area contributed by atoms with E-state index in [0.717, 1.165) is 6.42 Å². The molecule has 1 aliphatic carbocycles. The molecule has 0 aliphatic heterocycles. The lowest BCUT2D eigenvalue weighted by Gasteiger charge is -2.36. The lowest BCUT2D eigenvalue weighted by molar-refractivity contribution is -0.145. The highest BCUT2D eigenvalue weighted by atomic mass is 16.4. The van der Waals surface area contributed by atoms with Crippen LogP contribution in [0.15, 0.2) is 0 Å². The fourth-order valence-corrected chi connectivity index (χ4v) is 2.79. The quantitative estimate of drug-likeness (QED) is 0.758. The first-order valence-corrected chi connectivity index (χ1v) is 5.92. The molecule has 0 amide bonds. The van der Waals surface area contributed by atoms with E-state index in [1.165, 1.54) is 0 Å².